The number of nitrogens with zero attached hydrogens (tertiary/aromatic N) is 3. The molecular formula is C20H20N4O. The minimum Gasteiger partial charge on any atom is -0.450 e. The number of hydrogen-bond donors (Lipinski definition) is 1. The van der Waals surface area contributed by atoms with Crippen LogP contribution in [0.1, 0.15) is 11.6 Å². The van der Waals surface area contributed by atoms with Gasteiger partial charge in [0.1, 0.15) is 17.4 Å². The van der Waals surface area contributed by atoms with Crippen LogP contribution in [-0.4, -0.2) is 35.5 Å². The second-order valence-electron chi connectivity index (χ2n) is 6.27. The van der Waals surface area contributed by atoms with Gasteiger partial charge >= 0.3 is 0 Å². The average molecular weight is 332 g/mol. The van der Waals surface area contributed by atoms with Crippen molar-refractivity contribution in [1.82, 2.24) is 14.9 Å². The molecule has 4 rings (SSSR count). The van der Waals surface area contributed by atoms with E-state index in [1.54, 1.807) is 6.33 Å². The van der Waals surface area contributed by atoms with Gasteiger partial charge in [-0.25, -0.2) is 9.97 Å². The Morgan fingerprint density at radius 2 is 1.76 bits per heavy atom. The Balaban J connectivity index is 1.66. The number of nitrogens with one attached hydrogen (secondary N) is 1. The van der Waals surface area contributed by atoms with Crippen LogP contribution in [-0.2, 0) is 0 Å². The smallest absolute Gasteiger partial charge is 0.196 e. The Bertz CT molecular complexity index is 994. The van der Waals surface area contributed by atoms with Gasteiger partial charge in [0.25, 0.3) is 0 Å². The average Bonchev–Trinajstić information content (AvgIpc) is 3.02. The van der Waals surface area contributed by atoms with Crippen molar-refractivity contribution in [3.8, 4) is 0 Å². The summed E-state index contributed by atoms with van der Waals surface area (Å²) < 4.78 is 5.98. The first kappa shape index (κ1) is 15.6. The summed E-state index contributed by atoms with van der Waals surface area (Å²) in [5, 5.41) is 4.45. The van der Waals surface area contributed by atoms with Crippen LogP contribution in [0.15, 0.2) is 65.3 Å². The molecule has 0 saturated carbocycles. The Kier molecular flexibility index (Phi) is 4.07. The molecule has 1 N–H and O–H groups in total. The molecule has 5 nitrogen and oxygen atoms in total. The first-order chi connectivity index (χ1) is 12.2. The molecular weight excluding hydrogens is 312 g/mol. The summed E-state index contributed by atoms with van der Waals surface area (Å²) >= 11 is 0. The van der Waals surface area contributed by atoms with Gasteiger partial charge in [0.2, 0.25) is 0 Å². The lowest BCUT2D eigenvalue weighted by Gasteiger charge is -2.25. The highest BCUT2D eigenvalue weighted by atomic mass is 16.3. The monoisotopic (exact) mass is 332 g/mol. The van der Waals surface area contributed by atoms with Crippen molar-refractivity contribution < 1.29 is 4.42 Å². The van der Waals surface area contributed by atoms with Crippen molar-refractivity contribution in [2.45, 2.75) is 6.04 Å². The summed E-state index contributed by atoms with van der Waals surface area (Å²) in [4.78, 5) is 11.0. The number of benzene rings is 2. The fraction of sp³-hybridized carbons (Fsp3) is 0.200. The summed E-state index contributed by atoms with van der Waals surface area (Å²) in [6, 6.07) is 18.6. The van der Waals surface area contributed by atoms with Gasteiger partial charge in [0, 0.05) is 11.9 Å². The second kappa shape index (κ2) is 6.53. The predicted octanol–water partition coefficient (Wildman–Crippen LogP) is 4.09. The summed E-state index contributed by atoms with van der Waals surface area (Å²) in [6.07, 6.45) is 1.58. The third kappa shape index (κ3) is 2.94. The van der Waals surface area contributed by atoms with Gasteiger partial charge < -0.3 is 14.6 Å². The maximum absolute atomic E-state index is 5.98. The van der Waals surface area contributed by atoms with E-state index < -0.39 is 0 Å². The quantitative estimate of drug-likeness (QED) is 0.596. The van der Waals surface area contributed by atoms with Crippen LogP contribution in [0, 0.1) is 0 Å². The molecule has 0 aliphatic rings. The summed E-state index contributed by atoms with van der Waals surface area (Å²) in [6.45, 7) is 0.722. The Hall–Kier alpha value is -2.92. The topological polar surface area (TPSA) is 54.2 Å². The van der Waals surface area contributed by atoms with Gasteiger partial charge in [-0.1, -0.05) is 42.5 Å². The van der Waals surface area contributed by atoms with E-state index >= 15 is 0 Å². The summed E-state index contributed by atoms with van der Waals surface area (Å²) in [7, 11) is 4.16. The molecule has 0 aliphatic heterocycles. The summed E-state index contributed by atoms with van der Waals surface area (Å²) in [5.41, 5.74) is 3.63. The van der Waals surface area contributed by atoms with Gasteiger partial charge in [-0.3, -0.25) is 0 Å². The first-order valence-electron chi connectivity index (χ1n) is 8.31. The van der Waals surface area contributed by atoms with Gasteiger partial charge in [0.05, 0.1) is 6.04 Å². The molecule has 1 atom stereocenters. The van der Waals surface area contributed by atoms with E-state index in [-0.39, 0.29) is 6.04 Å². The normalized spacial score (nSPS) is 12.8. The molecule has 5 heteroatoms. The molecule has 0 aliphatic carbocycles. The minimum atomic E-state index is 0.232. The third-order valence-electron chi connectivity index (χ3n) is 4.43. The molecule has 2 aromatic carbocycles. The number of aromatic nitrogens is 2. The lowest BCUT2D eigenvalue weighted by Crippen LogP contribution is -2.27. The maximum Gasteiger partial charge on any atom is 0.196 e. The zero-order valence-electron chi connectivity index (χ0n) is 14.3. The molecule has 0 saturated heterocycles. The van der Waals surface area contributed by atoms with Crippen LogP contribution < -0.4 is 5.32 Å². The van der Waals surface area contributed by atoms with Crippen LogP contribution in [0.25, 0.3) is 22.1 Å². The molecule has 0 unspecified atom stereocenters. The van der Waals surface area contributed by atoms with E-state index in [4.69, 9.17) is 4.42 Å². The van der Waals surface area contributed by atoms with Gasteiger partial charge in [-0.05, 0) is 31.8 Å². The van der Waals surface area contributed by atoms with E-state index in [0.29, 0.717) is 5.58 Å². The summed E-state index contributed by atoms with van der Waals surface area (Å²) in [5.74, 6) is 0.726. The van der Waals surface area contributed by atoms with Gasteiger partial charge in [-0.2, -0.15) is 0 Å². The lowest BCUT2D eigenvalue weighted by atomic mass is 10.1. The zero-order valence-corrected chi connectivity index (χ0v) is 14.3. The molecule has 126 valence electrons. The number of fused-ring (bicyclic) bond motifs is 3. The molecule has 0 amide bonds. The number of likely N-dealkylation sites (N-methyl/N-ethyl adjacent to an activating group) is 1. The Labute approximate surface area is 146 Å². The number of hydrogen-bond acceptors (Lipinski definition) is 5. The molecule has 4 aromatic rings. The van der Waals surface area contributed by atoms with Gasteiger partial charge in [-0.15, -0.1) is 0 Å². The largest absolute Gasteiger partial charge is 0.450 e. The van der Waals surface area contributed by atoms with E-state index in [1.807, 2.05) is 30.3 Å². The third-order valence-corrected chi connectivity index (χ3v) is 4.43. The standard InChI is InChI=1S/C20H20N4O/c1-24(2)16(14-8-4-3-5-9-14)12-21-20-19-18(22-13-23-20)15-10-6-7-11-17(15)25-19/h3-11,13,16H,12H2,1-2H3,(H,21,22,23)/t16-/m1/s1. The van der Waals surface area contributed by atoms with E-state index in [1.165, 1.54) is 5.56 Å². The molecule has 25 heavy (non-hydrogen) atoms. The zero-order chi connectivity index (χ0) is 17.2. The van der Waals surface area contributed by atoms with Crippen LogP contribution in [0.4, 0.5) is 5.82 Å². The Morgan fingerprint density at radius 1 is 1.00 bits per heavy atom. The Morgan fingerprint density at radius 3 is 2.56 bits per heavy atom. The van der Waals surface area contributed by atoms with Crippen molar-refractivity contribution >= 4 is 27.9 Å². The highest BCUT2D eigenvalue weighted by Crippen LogP contribution is 2.30. The molecule has 0 fully saturated rings. The second-order valence-corrected chi connectivity index (χ2v) is 6.27. The fourth-order valence-corrected chi connectivity index (χ4v) is 3.12. The number of anilines is 1. The molecule has 0 bridgehead atoms. The minimum absolute atomic E-state index is 0.232. The molecule has 0 spiro atoms. The maximum atomic E-state index is 5.98. The fourth-order valence-electron chi connectivity index (χ4n) is 3.12. The van der Waals surface area contributed by atoms with Crippen molar-refractivity contribution in [3.63, 3.8) is 0 Å². The first-order valence-corrected chi connectivity index (χ1v) is 8.31. The molecule has 2 aromatic heterocycles. The number of para-hydroxylation sites is 1. The van der Waals surface area contributed by atoms with E-state index in [2.05, 4.69) is 58.5 Å². The van der Waals surface area contributed by atoms with E-state index in [9.17, 15) is 0 Å². The van der Waals surface area contributed by atoms with Crippen LogP contribution in [0.5, 0.6) is 0 Å². The van der Waals surface area contributed by atoms with E-state index in [0.717, 1.165) is 28.8 Å². The number of furan rings is 1. The van der Waals surface area contributed by atoms with Crippen LogP contribution in [0.2, 0.25) is 0 Å². The highest BCUT2D eigenvalue weighted by Gasteiger charge is 2.17. The van der Waals surface area contributed by atoms with Crippen molar-refractivity contribution in [2.75, 3.05) is 26.0 Å². The van der Waals surface area contributed by atoms with Gasteiger partial charge in [0.15, 0.2) is 11.4 Å². The number of rotatable bonds is 5. The van der Waals surface area contributed by atoms with Crippen molar-refractivity contribution in [3.05, 3.63) is 66.5 Å². The molecule has 2 heterocycles. The van der Waals surface area contributed by atoms with Crippen molar-refractivity contribution in [2.24, 2.45) is 0 Å². The predicted molar refractivity (Wildman–Crippen MR) is 101 cm³/mol. The van der Waals surface area contributed by atoms with Crippen LogP contribution in [0.3, 0.4) is 0 Å². The lowest BCUT2D eigenvalue weighted by molar-refractivity contribution is 0.311. The molecule has 0 radical (unpaired) electrons. The van der Waals surface area contributed by atoms with Crippen molar-refractivity contribution in [1.29, 1.82) is 0 Å². The highest BCUT2D eigenvalue weighted by molar-refractivity contribution is 6.05. The van der Waals surface area contributed by atoms with Crippen LogP contribution >= 0.6 is 0 Å². The SMILES string of the molecule is CN(C)[C@H](CNc1ncnc2c1oc1ccccc12)c1ccccc1.